The Labute approximate surface area is 154 Å². The molecule has 1 heterocycles. The number of thiazole rings is 1. The van der Waals surface area contributed by atoms with E-state index in [0.29, 0.717) is 0 Å². The fraction of sp³-hybridized carbons (Fsp3) is 0.158. The van der Waals surface area contributed by atoms with E-state index in [1.807, 2.05) is 18.2 Å². The summed E-state index contributed by atoms with van der Waals surface area (Å²) in [6.45, 7) is 2.39. The van der Waals surface area contributed by atoms with Gasteiger partial charge in [-0.15, -0.1) is 11.3 Å². The van der Waals surface area contributed by atoms with Crippen LogP contribution in [-0.2, 0) is 13.0 Å². The number of aryl methyl sites for hydroxylation is 1. The molecule has 0 fully saturated rings. The molecular formula is C19H18N2O2S2. The molecule has 1 amide bonds. The molecule has 3 aromatic rings. The van der Waals surface area contributed by atoms with Crippen molar-refractivity contribution in [1.29, 1.82) is 0 Å². The SMILES string of the molecule is CCc1cc(Sc2cnc(CNC(=O)O)s2)cc(-c2ccccc2)c1. The standard InChI is InChI=1S/C19H18N2O2S2/c1-2-13-8-15(14-6-4-3-5-7-14)10-16(9-13)24-18-12-20-17(25-18)11-21-19(22)23/h3-10,12,21H,2,11H2,1H3,(H,22,23). The van der Waals surface area contributed by atoms with Crippen LogP contribution in [0.15, 0.2) is 63.8 Å². The van der Waals surface area contributed by atoms with Crippen LogP contribution in [0.5, 0.6) is 0 Å². The van der Waals surface area contributed by atoms with Crippen molar-refractivity contribution >= 4 is 29.2 Å². The lowest BCUT2D eigenvalue weighted by Crippen LogP contribution is -2.19. The minimum Gasteiger partial charge on any atom is -0.465 e. The van der Waals surface area contributed by atoms with Crippen LogP contribution < -0.4 is 5.32 Å². The highest BCUT2D eigenvalue weighted by atomic mass is 32.2. The van der Waals surface area contributed by atoms with Gasteiger partial charge in [-0.05, 0) is 35.2 Å². The number of nitrogens with zero attached hydrogens (tertiary/aromatic N) is 1. The molecule has 1 aromatic heterocycles. The normalized spacial score (nSPS) is 10.6. The molecular weight excluding hydrogens is 352 g/mol. The molecule has 0 aliphatic rings. The molecule has 2 aromatic carbocycles. The van der Waals surface area contributed by atoms with E-state index in [-0.39, 0.29) is 6.54 Å². The molecule has 0 aliphatic heterocycles. The van der Waals surface area contributed by atoms with Gasteiger partial charge in [-0.3, -0.25) is 0 Å². The van der Waals surface area contributed by atoms with Crippen LogP contribution in [0, 0.1) is 0 Å². The molecule has 0 saturated carbocycles. The van der Waals surface area contributed by atoms with Crippen molar-refractivity contribution < 1.29 is 9.90 Å². The van der Waals surface area contributed by atoms with Crippen LogP contribution in [-0.4, -0.2) is 16.2 Å². The lowest BCUT2D eigenvalue weighted by molar-refractivity contribution is 0.194. The van der Waals surface area contributed by atoms with E-state index in [1.54, 1.807) is 18.0 Å². The second kappa shape index (κ2) is 8.18. The van der Waals surface area contributed by atoms with E-state index >= 15 is 0 Å². The van der Waals surface area contributed by atoms with Crippen molar-refractivity contribution in [2.75, 3.05) is 0 Å². The number of carboxylic acid groups (broad SMARTS) is 1. The summed E-state index contributed by atoms with van der Waals surface area (Å²) < 4.78 is 1.05. The molecule has 6 heteroatoms. The van der Waals surface area contributed by atoms with Crippen molar-refractivity contribution in [3.8, 4) is 11.1 Å². The van der Waals surface area contributed by atoms with Gasteiger partial charge in [-0.1, -0.05) is 55.1 Å². The van der Waals surface area contributed by atoms with E-state index in [1.165, 1.54) is 32.9 Å². The molecule has 0 radical (unpaired) electrons. The Bertz CT molecular complexity index is 863. The third kappa shape index (κ3) is 4.84. The van der Waals surface area contributed by atoms with E-state index in [9.17, 15) is 4.79 Å². The van der Waals surface area contributed by atoms with Gasteiger partial charge in [-0.2, -0.15) is 0 Å². The first-order chi connectivity index (χ1) is 12.1. The summed E-state index contributed by atoms with van der Waals surface area (Å²) in [6.07, 6.45) is 1.74. The van der Waals surface area contributed by atoms with Gasteiger partial charge in [0, 0.05) is 4.90 Å². The summed E-state index contributed by atoms with van der Waals surface area (Å²) in [5.41, 5.74) is 3.70. The third-order valence-electron chi connectivity index (χ3n) is 3.62. The first kappa shape index (κ1) is 17.5. The van der Waals surface area contributed by atoms with Gasteiger partial charge < -0.3 is 10.4 Å². The van der Waals surface area contributed by atoms with Crippen molar-refractivity contribution in [2.45, 2.75) is 29.0 Å². The number of hydrogen-bond donors (Lipinski definition) is 2. The molecule has 0 unspecified atom stereocenters. The van der Waals surface area contributed by atoms with Crippen LogP contribution in [0.1, 0.15) is 17.5 Å². The zero-order valence-electron chi connectivity index (χ0n) is 13.7. The maximum Gasteiger partial charge on any atom is 0.405 e. The largest absolute Gasteiger partial charge is 0.465 e. The van der Waals surface area contributed by atoms with E-state index in [2.05, 4.69) is 47.6 Å². The first-order valence-electron chi connectivity index (χ1n) is 7.93. The Balaban J connectivity index is 1.81. The summed E-state index contributed by atoms with van der Waals surface area (Å²) in [5.74, 6) is 0. The summed E-state index contributed by atoms with van der Waals surface area (Å²) in [4.78, 5) is 16.0. The molecule has 128 valence electrons. The van der Waals surface area contributed by atoms with Gasteiger partial charge in [0.2, 0.25) is 0 Å². The third-order valence-corrected chi connectivity index (χ3v) is 5.69. The number of benzene rings is 2. The highest BCUT2D eigenvalue weighted by Crippen LogP contribution is 2.35. The average Bonchev–Trinajstić information content (AvgIpc) is 3.07. The van der Waals surface area contributed by atoms with Gasteiger partial charge in [-0.25, -0.2) is 9.78 Å². The van der Waals surface area contributed by atoms with Crippen LogP contribution in [0.3, 0.4) is 0 Å². The van der Waals surface area contributed by atoms with Gasteiger partial charge in [0.05, 0.1) is 17.0 Å². The first-order valence-corrected chi connectivity index (χ1v) is 9.56. The van der Waals surface area contributed by atoms with Crippen LogP contribution >= 0.6 is 23.1 Å². The second-order valence-electron chi connectivity index (χ2n) is 5.42. The highest BCUT2D eigenvalue weighted by molar-refractivity contribution is 8.01. The maximum atomic E-state index is 10.6. The molecule has 2 N–H and O–H groups in total. The highest BCUT2D eigenvalue weighted by Gasteiger charge is 2.08. The van der Waals surface area contributed by atoms with Crippen LogP contribution in [0.25, 0.3) is 11.1 Å². The van der Waals surface area contributed by atoms with Crippen LogP contribution in [0.2, 0.25) is 0 Å². The number of rotatable bonds is 6. The van der Waals surface area contributed by atoms with Crippen LogP contribution in [0.4, 0.5) is 4.79 Å². The molecule has 4 nitrogen and oxygen atoms in total. The fourth-order valence-electron chi connectivity index (χ4n) is 2.41. The topological polar surface area (TPSA) is 62.2 Å². The second-order valence-corrected chi connectivity index (χ2v) is 7.91. The predicted octanol–water partition coefficient (Wildman–Crippen LogP) is 5.29. The zero-order valence-corrected chi connectivity index (χ0v) is 15.4. The molecule has 0 atom stereocenters. The van der Waals surface area contributed by atoms with Gasteiger partial charge in [0.15, 0.2) is 0 Å². The Kier molecular flexibility index (Phi) is 5.73. The zero-order chi connectivity index (χ0) is 17.6. The summed E-state index contributed by atoms with van der Waals surface area (Å²) in [7, 11) is 0. The number of hydrogen-bond acceptors (Lipinski definition) is 4. The molecule has 3 rings (SSSR count). The summed E-state index contributed by atoms with van der Waals surface area (Å²) in [6, 6.07) is 17.0. The molecule has 0 aliphatic carbocycles. The minimum atomic E-state index is -1.03. The molecule has 0 saturated heterocycles. The molecule has 0 spiro atoms. The number of amides is 1. The van der Waals surface area contributed by atoms with Crippen molar-refractivity contribution in [2.24, 2.45) is 0 Å². The Morgan fingerprint density at radius 2 is 2.00 bits per heavy atom. The molecule has 0 bridgehead atoms. The van der Waals surface area contributed by atoms with E-state index < -0.39 is 6.09 Å². The smallest absolute Gasteiger partial charge is 0.405 e. The molecule has 25 heavy (non-hydrogen) atoms. The van der Waals surface area contributed by atoms with Crippen molar-refractivity contribution in [3.63, 3.8) is 0 Å². The monoisotopic (exact) mass is 370 g/mol. The quantitative estimate of drug-likeness (QED) is 0.619. The fourth-order valence-corrected chi connectivity index (χ4v) is 4.48. The van der Waals surface area contributed by atoms with E-state index in [0.717, 1.165) is 15.6 Å². The Hall–Kier alpha value is -2.31. The number of aromatic nitrogens is 1. The van der Waals surface area contributed by atoms with E-state index in [4.69, 9.17) is 5.11 Å². The lowest BCUT2D eigenvalue weighted by atomic mass is 10.0. The predicted molar refractivity (Wildman–Crippen MR) is 102 cm³/mol. The Morgan fingerprint density at radius 3 is 2.72 bits per heavy atom. The van der Waals surface area contributed by atoms with Crippen molar-refractivity contribution in [1.82, 2.24) is 10.3 Å². The number of nitrogens with one attached hydrogen (secondary N) is 1. The number of carbonyl (C=O) groups is 1. The summed E-state index contributed by atoms with van der Waals surface area (Å²) >= 11 is 3.17. The van der Waals surface area contributed by atoms with Gasteiger partial charge in [0.25, 0.3) is 0 Å². The van der Waals surface area contributed by atoms with Crippen molar-refractivity contribution in [3.05, 3.63) is 65.3 Å². The maximum absolute atomic E-state index is 10.6. The summed E-state index contributed by atoms with van der Waals surface area (Å²) in [5, 5.41) is 11.8. The van der Waals surface area contributed by atoms with Gasteiger partial charge >= 0.3 is 6.09 Å². The van der Waals surface area contributed by atoms with Gasteiger partial charge in [0.1, 0.15) is 5.01 Å². The minimum absolute atomic E-state index is 0.241. The average molecular weight is 370 g/mol. The Morgan fingerprint density at radius 1 is 1.20 bits per heavy atom. The lowest BCUT2D eigenvalue weighted by Gasteiger charge is -2.08.